The van der Waals surface area contributed by atoms with Crippen LogP contribution in [0.15, 0.2) is 9.42 Å². The van der Waals surface area contributed by atoms with Crippen LogP contribution >= 0.6 is 0 Å². The first-order chi connectivity index (χ1) is 9.74. The smallest absolute Gasteiger partial charge is 0.309 e. The number of aliphatic carboxylic acids is 1. The summed E-state index contributed by atoms with van der Waals surface area (Å²) >= 11 is 0. The molecule has 7 nitrogen and oxygen atoms in total. The van der Waals surface area contributed by atoms with Crippen LogP contribution in [-0.2, 0) is 14.8 Å². The molecule has 1 aliphatic heterocycles. The average Bonchev–Trinajstić information content (AvgIpc) is 2.78. The molecule has 1 aromatic rings. The van der Waals surface area contributed by atoms with Gasteiger partial charge in [0.25, 0.3) is 0 Å². The van der Waals surface area contributed by atoms with Gasteiger partial charge in [0.2, 0.25) is 10.0 Å². The van der Waals surface area contributed by atoms with Gasteiger partial charge in [-0.25, -0.2) is 8.42 Å². The molecule has 21 heavy (non-hydrogen) atoms. The zero-order valence-corrected chi connectivity index (χ0v) is 13.2. The normalized spacial score (nSPS) is 19.6. The van der Waals surface area contributed by atoms with E-state index in [1.165, 1.54) is 4.31 Å². The van der Waals surface area contributed by atoms with Gasteiger partial charge in [-0.15, -0.1) is 0 Å². The minimum atomic E-state index is -3.68. The number of carboxylic acids is 1. The van der Waals surface area contributed by atoms with Crippen molar-refractivity contribution >= 4 is 16.0 Å². The largest absolute Gasteiger partial charge is 0.481 e. The molecule has 1 aliphatic rings. The van der Waals surface area contributed by atoms with Crippen molar-refractivity contribution in [2.75, 3.05) is 13.1 Å². The molecule has 0 atom stereocenters. The van der Waals surface area contributed by atoms with E-state index in [-0.39, 0.29) is 23.7 Å². The number of hydrogen-bond acceptors (Lipinski definition) is 5. The number of aryl methyl sites for hydroxylation is 2. The maximum absolute atomic E-state index is 12.6. The van der Waals surface area contributed by atoms with E-state index in [1.54, 1.807) is 13.8 Å². The van der Waals surface area contributed by atoms with Gasteiger partial charge >= 0.3 is 5.97 Å². The van der Waals surface area contributed by atoms with Gasteiger partial charge in [-0.3, -0.25) is 4.79 Å². The topological polar surface area (TPSA) is 101 Å². The van der Waals surface area contributed by atoms with Crippen LogP contribution in [0.2, 0.25) is 0 Å². The molecule has 118 valence electrons. The highest BCUT2D eigenvalue weighted by molar-refractivity contribution is 7.89. The molecule has 1 saturated heterocycles. The van der Waals surface area contributed by atoms with Gasteiger partial charge < -0.3 is 9.63 Å². The fourth-order valence-electron chi connectivity index (χ4n) is 2.85. The standard InChI is InChI=1S/C13H20N2O5S/c1-4-13(12(16)17)5-7-15(8-6-13)21(18,19)11-9(2)14-20-10(11)3/h4-8H2,1-3H3,(H,16,17). The molecular formula is C13H20N2O5S. The maximum atomic E-state index is 12.6. The number of carboxylic acid groups (broad SMARTS) is 1. The summed E-state index contributed by atoms with van der Waals surface area (Å²) in [7, 11) is -3.68. The monoisotopic (exact) mass is 316 g/mol. The van der Waals surface area contributed by atoms with Crippen LogP contribution in [0.5, 0.6) is 0 Å². The second kappa shape index (κ2) is 5.42. The fraction of sp³-hybridized carbons (Fsp3) is 0.692. The minimum Gasteiger partial charge on any atom is -0.481 e. The molecule has 0 aliphatic carbocycles. The quantitative estimate of drug-likeness (QED) is 0.904. The first-order valence-corrected chi connectivity index (χ1v) is 8.35. The molecule has 2 heterocycles. The number of sulfonamides is 1. The molecule has 8 heteroatoms. The van der Waals surface area contributed by atoms with Crippen molar-refractivity contribution in [3.8, 4) is 0 Å². The zero-order chi connectivity index (χ0) is 15.8. The van der Waals surface area contributed by atoms with Gasteiger partial charge in [-0.05, 0) is 33.1 Å². The lowest BCUT2D eigenvalue weighted by Gasteiger charge is -2.37. The Kier molecular flexibility index (Phi) is 4.12. The van der Waals surface area contributed by atoms with E-state index in [1.807, 2.05) is 6.92 Å². The highest BCUT2D eigenvalue weighted by Crippen LogP contribution is 2.37. The summed E-state index contributed by atoms with van der Waals surface area (Å²) in [4.78, 5) is 11.5. The number of nitrogens with zero attached hydrogens (tertiary/aromatic N) is 2. The summed E-state index contributed by atoms with van der Waals surface area (Å²) in [5, 5.41) is 13.0. The molecular weight excluding hydrogens is 296 g/mol. The van der Waals surface area contributed by atoms with E-state index in [0.717, 1.165) is 0 Å². The number of aromatic nitrogens is 1. The van der Waals surface area contributed by atoms with E-state index < -0.39 is 21.4 Å². The van der Waals surface area contributed by atoms with Crippen molar-refractivity contribution in [2.45, 2.75) is 44.9 Å². The lowest BCUT2D eigenvalue weighted by atomic mass is 9.77. The van der Waals surface area contributed by atoms with E-state index in [0.29, 0.717) is 25.0 Å². The zero-order valence-electron chi connectivity index (χ0n) is 12.4. The van der Waals surface area contributed by atoms with E-state index in [9.17, 15) is 18.3 Å². The number of hydrogen-bond donors (Lipinski definition) is 1. The highest BCUT2D eigenvalue weighted by Gasteiger charge is 2.43. The summed E-state index contributed by atoms with van der Waals surface area (Å²) in [6.07, 6.45) is 1.14. The molecule has 0 bridgehead atoms. The van der Waals surface area contributed by atoms with Crippen LogP contribution in [0, 0.1) is 19.3 Å². The second-order valence-corrected chi connectivity index (χ2v) is 7.37. The summed E-state index contributed by atoms with van der Waals surface area (Å²) < 4.78 is 31.5. The summed E-state index contributed by atoms with van der Waals surface area (Å²) in [5.41, 5.74) is -0.483. The minimum absolute atomic E-state index is 0.0989. The molecule has 0 spiro atoms. The van der Waals surface area contributed by atoms with Gasteiger partial charge in [0.05, 0.1) is 5.41 Å². The van der Waals surface area contributed by atoms with Crippen molar-refractivity contribution < 1.29 is 22.8 Å². The lowest BCUT2D eigenvalue weighted by molar-refractivity contribution is -0.151. The van der Waals surface area contributed by atoms with Crippen LogP contribution in [-0.4, -0.2) is 42.0 Å². The van der Waals surface area contributed by atoms with Crippen LogP contribution in [0.25, 0.3) is 0 Å². The summed E-state index contributed by atoms with van der Waals surface area (Å²) in [5.74, 6) is -0.586. The van der Waals surface area contributed by atoms with Crippen molar-refractivity contribution in [2.24, 2.45) is 5.41 Å². The Hall–Kier alpha value is -1.41. The van der Waals surface area contributed by atoms with Gasteiger partial charge in [0.1, 0.15) is 10.6 Å². The van der Waals surface area contributed by atoms with Gasteiger partial charge in [0.15, 0.2) is 5.76 Å². The SMILES string of the molecule is CCC1(C(=O)O)CCN(S(=O)(=O)c2c(C)noc2C)CC1. The molecule has 1 aromatic heterocycles. The van der Waals surface area contributed by atoms with Gasteiger partial charge in [-0.1, -0.05) is 12.1 Å². The Bertz CT molecular complexity index is 622. The molecule has 0 unspecified atom stereocenters. The molecule has 2 rings (SSSR count). The first-order valence-electron chi connectivity index (χ1n) is 6.91. The van der Waals surface area contributed by atoms with Gasteiger partial charge in [0, 0.05) is 13.1 Å². The Labute approximate surface area is 124 Å². The van der Waals surface area contributed by atoms with Gasteiger partial charge in [-0.2, -0.15) is 4.31 Å². The highest BCUT2D eigenvalue weighted by atomic mass is 32.2. The predicted molar refractivity (Wildman–Crippen MR) is 74.3 cm³/mol. The van der Waals surface area contributed by atoms with Crippen LogP contribution in [0.4, 0.5) is 0 Å². The van der Waals surface area contributed by atoms with E-state index >= 15 is 0 Å². The fourth-order valence-corrected chi connectivity index (χ4v) is 4.58. The van der Waals surface area contributed by atoms with E-state index in [4.69, 9.17) is 4.52 Å². The number of carbonyl (C=O) groups is 1. The Morgan fingerprint density at radius 2 is 1.95 bits per heavy atom. The van der Waals surface area contributed by atoms with Crippen molar-refractivity contribution in [1.82, 2.24) is 9.46 Å². The molecule has 0 aromatic carbocycles. The second-order valence-electron chi connectivity index (χ2n) is 5.50. The summed E-state index contributed by atoms with van der Waals surface area (Å²) in [6, 6.07) is 0. The Morgan fingerprint density at radius 3 is 2.33 bits per heavy atom. The molecule has 1 fully saturated rings. The third-order valence-corrected chi connectivity index (χ3v) is 6.52. The van der Waals surface area contributed by atoms with Crippen molar-refractivity contribution in [3.63, 3.8) is 0 Å². The van der Waals surface area contributed by atoms with Crippen LogP contribution < -0.4 is 0 Å². The predicted octanol–water partition coefficient (Wildman–Crippen LogP) is 1.56. The summed E-state index contributed by atoms with van der Waals surface area (Å²) in [6.45, 7) is 5.37. The Balaban J connectivity index is 2.25. The average molecular weight is 316 g/mol. The van der Waals surface area contributed by atoms with E-state index in [2.05, 4.69) is 5.16 Å². The van der Waals surface area contributed by atoms with Crippen molar-refractivity contribution in [3.05, 3.63) is 11.5 Å². The first kappa shape index (κ1) is 16.0. The molecule has 0 amide bonds. The number of rotatable bonds is 4. The van der Waals surface area contributed by atoms with Crippen molar-refractivity contribution in [1.29, 1.82) is 0 Å². The molecule has 0 saturated carbocycles. The van der Waals surface area contributed by atoms with Crippen LogP contribution in [0.3, 0.4) is 0 Å². The number of piperidine rings is 1. The lowest BCUT2D eigenvalue weighted by Crippen LogP contribution is -2.46. The molecule has 1 N–H and O–H groups in total. The maximum Gasteiger partial charge on any atom is 0.309 e. The Morgan fingerprint density at radius 1 is 1.38 bits per heavy atom. The molecule has 0 radical (unpaired) electrons. The third-order valence-electron chi connectivity index (χ3n) is 4.38. The van der Waals surface area contributed by atoms with Crippen LogP contribution in [0.1, 0.15) is 37.6 Å². The third kappa shape index (κ3) is 2.57.